The molecule has 0 bridgehead atoms. The average Bonchev–Trinajstić information content (AvgIpc) is 2.46. The first kappa shape index (κ1) is 16.1. The molecule has 0 aromatic heterocycles. The second kappa shape index (κ2) is 7.63. The van der Waals surface area contributed by atoms with Crippen LogP contribution in [0, 0.1) is 3.57 Å². The number of hydrogen-bond acceptors (Lipinski definition) is 3. The topological polar surface area (TPSA) is 58.6 Å². The van der Waals surface area contributed by atoms with Crippen molar-refractivity contribution in [3.8, 4) is 5.75 Å². The monoisotopic (exact) mass is 402 g/mol. The number of benzene rings is 1. The molecule has 0 atom stereocenters. The van der Waals surface area contributed by atoms with Crippen molar-refractivity contribution in [2.75, 3.05) is 19.7 Å². The van der Waals surface area contributed by atoms with Gasteiger partial charge in [0.2, 0.25) is 5.91 Å². The lowest BCUT2D eigenvalue weighted by Gasteiger charge is -2.31. The van der Waals surface area contributed by atoms with Crippen LogP contribution in [0.2, 0.25) is 0 Å². The molecule has 0 saturated carbocycles. The zero-order valence-electron chi connectivity index (χ0n) is 12.0. The quantitative estimate of drug-likeness (QED) is 0.782. The van der Waals surface area contributed by atoms with Crippen molar-refractivity contribution in [2.24, 2.45) is 0 Å². The highest BCUT2D eigenvalue weighted by molar-refractivity contribution is 14.1. The third kappa shape index (κ3) is 5.18. The Hall–Kier alpha value is -1.31. The van der Waals surface area contributed by atoms with E-state index in [1.807, 2.05) is 29.2 Å². The molecule has 0 unspecified atom stereocenters. The molecule has 21 heavy (non-hydrogen) atoms. The molecular weight excluding hydrogens is 383 g/mol. The van der Waals surface area contributed by atoms with Gasteiger partial charge in [0.15, 0.2) is 6.61 Å². The Morgan fingerprint density at radius 3 is 2.71 bits per heavy atom. The number of nitrogens with one attached hydrogen (secondary N) is 1. The molecule has 2 amide bonds. The van der Waals surface area contributed by atoms with Crippen LogP contribution in [0.3, 0.4) is 0 Å². The molecule has 1 N–H and O–H groups in total. The van der Waals surface area contributed by atoms with E-state index in [9.17, 15) is 9.59 Å². The standard InChI is InChI=1S/C15H19IN2O3/c1-11(19)18-7-5-13(6-8-18)17-15(20)10-21-14-4-2-3-12(16)9-14/h2-4,9,13H,5-8,10H2,1H3,(H,17,20). The Kier molecular flexibility index (Phi) is 5.84. The third-order valence-corrected chi connectivity index (χ3v) is 4.14. The van der Waals surface area contributed by atoms with Gasteiger partial charge >= 0.3 is 0 Å². The second-order valence-corrected chi connectivity index (χ2v) is 6.34. The minimum atomic E-state index is -0.116. The van der Waals surface area contributed by atoms with Crippen LogP contribution in [0.4, 0.5) is 0 Å². The van der Waals surface area contributed by atoms with E-state index in [1.54, 1.807) is 6.92 Å². The molecule has 1 heterocycles. The summed E-state index contributed by atoms with van der Waals surface area (Å²) in [5, 5.41) is 2.96. The van der Waals surface area contributed by atoms with Gasteiger partial charge in [-0.05, 0) is 53.6 Å². The number of halogens is 1. The van der Waals surface area contributed by atoms with Crippen molar-refractivity contribution in [1.82, 2.24) is 10.2 Å². The van der Waals surface area contributed by atoms with Crippen molar-refractivity contribution in [2.45, 2.75) is 25.8 Å². The van der Waals surface area contributed by atoms with Gasteiger partial charge in [-0.25, -0.2) is 0 Å². The van der Waals surface area contributed by atoms with E-state index in [4.69, 9.17) is 4.74 Å². The van der Waals surface area contributed by atoms with Crippen LogP contribution in [0.5, 0.6) is 5.75 Å². The minimum Gasteiger partial charge on any atom is -0.484 e. The number of amides is 2. The highest BCUT2D eigenvalue weighted by Crippen LogP contribution is 2.15. The summed E-state index contributed by atoms with van der Waals surface area (Å²) < 4.78 is 6.54. The summed E-state index contributed by atoms with van der Waals surface area (Å²) in [6.45, 7) is 3.01. The fraction of sp³-hybridized carbons (Fsp3) is 0.467. The molecule has 5 nitrogen and oxygen atoms in total. The number of carbonyl (C=O) groups excluding carboxylic acids is 2. The molecule has 6 heteroatoms. The molecule has 0 spiro atoms. The minimum absolute atomic E-state index is 0.0208. The van der Waals surface area contributed by atoms with Crippen LogP contribution >= 0.6 is 22.6 Å². The number of piperidine rings is 1. The van der Waals surface area contributed by atoms with Gasteiger partial charge in [-0.3, -0.25) is 9.59 Å². The SMILES string of the molecule is CC(=O)N1CCC(NC(=O)COc2cccc(I)c2)CC1. The van der Waals surface area contributed by atoms with Crippen LogP contribution in [-0.4, -0.2) is 42.5 Å². The molecule has 1 aliphatic heterocycles. The Labute approximate surface area is 138 Å². The fourth-order valence-electron chi connectivity index (χ4n) is 2.31. The predicted octanol–water partition coefficient (Wildman–Crippen LogP) is 1.80. The van der Waals surface area contributed by atoms with Crippen molar-refractivity contribution in [3.05, 3.63) is 27.8 Å². The lowest BCUT2D eigenvalue weighted by Crippen LogP contribution is -2.47. The van der Waals surface area contributed by atoms with Gasteiger partial charge in [-0.2, -0.15) is 0 Å². The van der Waals surface area contributed by atoms with E-state index in [0.29, 0.717) is 18.8 Å². The van der Waals surface area contributed by atoms with Gasteiger partial charge < -0.3 is 15.0 Å². The Morgan fingerprint density at radius 1 is 1.38 bits per heavy atom. The summed E-state index contributed by atoms with van der Waals surface area (Å²) >= 11 is 2.20. The molecule has 0 radical (unpaired) electrons. The van der Waals surface area contributed by atoms with Crippen molar-refractivity contribution in [1.29, 1.82) is 0 Å². The molecule has 1 aliphatic rings. The van der Waals surface area contributed by atoms with Crippen LogP contribution in [0.25, 0.3) is 0 Å². The van der Waals surface area contributed by atoms with Crippen molar-refractivity contribution in [3.63, 3.8) is 0 Å². The van der Waals surface area contributed by atoms with Crippen LogP contribution < -0.4 is 10.1 Å². The Bertz CT molecular complexity index is 513. The number of nitrogens with zero attached hydrogens (tertiary/aromatic N) is 1. The van der Waals surface area contributed by atoms with Gasteiger partial charge in [0.25, 0.3) is 5.91 Å². The number of hydrogen-bond donors (Lipinski definition) is 1. The highest BCUT2D eigenvalue weighted by Gasteiger charge is 2.21. The van der Waals surface area contributed by atoms with Crippen LogP contribution in [-0.2, 0) is 9.59 Å². The smallest absolute Gasteiger partial charge is 0.258 e. The second-order valence-electron chi connectivity index (χ2n) is 5.09. The highest BCUT2D eigenvalue weighted by atomic mass is 127. The van der Waals surface area contributed by atoms with E-state index in [2.05, 4.69) is 27.9 Å². The van der Waals surface area contributed by atoms with E-state index in [0.717, 1.165) is 16.4 Å². The molecule has 2 rings (SSSR count). The summed E-state index contributed by atoms with van der Waals surface area (Å²) in [4.78, 5) is 24.9. The largest absolute Gasteiger partial charge is 0.484 e. The third-order valence-electron chi connectivity index (χ3n) is 3.47. The summed E-state index contributed by atoms with van der Waals surface area (Å²) in [5.74, 6) is 0.681. The molecule has 1 saturated heterocycles. The fourth-order valence-corrected chi connectivity index (χ4v) is 2.83. The number of ether oxygens (including phenoxy) is 1. The van der Waals surface area contributed by atoms with Gasteiger partial charge in [-0.1, -0.05) is 6.07 Å². The molecule has 114 valence electrons. The summed E-state index contributed by atoms with van der Waals surface area (Å²) in [6.07, 6.45) is 1.60. The normalized spacial score (nSPS) is 15.6. The molecule has 1 aromatic rings. The lowest BCUT2D eigenvalue weighted by atomic mass is 10.1. The van der Waals surface area contributed by atoms with Crippen molar-refractivity contribution >= 4 is 34.4 Å². The number of likely N-dealkylation sites (tertiary alicyclic amines) is 1. The first-order valence-corrected chi connectivity index (χ1v) is 8.05. The summed E-state index contributed by atoms with van der Waals surface area (Å²) in [5.41, 5.74) is 0. The average molecular weight is 402 g/mol. The van der Waals surface area contributed by atoms with Gasteiger partial charge in [-0.15, -0.1) is 0 Å². The number of carbonyl (C=O) groups is 2. The molecule has 0 aliphatic carbocycles. The van der Waals surface area contributed by atoms with E-state index in [1.165, 1.54) is 0 Å². The molecule has 1 aromatic carbocycles. The van der Waals surface area contributed by atoms with E-state index >= 15 is 0 Å². The van der Waals surface area contributed by atoms with Crippen molar-refractivity contribution < 1.29 is 14.3 Å². The van der Waals surface area contributed by atoms with E-state index in [-0.39, 0.29) is 24.5 Å². The maximum absolute atomic E-state index is 11.9. The lowest BCUT2D eigenvalue weighted by molar-refractivity contribution is -0.130. The van der Waals surface area contributed by atoms with Gasteiger partial charge in [0.05, 0.1) is 0 Å². The predicted molar refractivity (Wildman–Crippen MR) is 88.1 cm³/mol. The Morgan fingerprint density at radius 2 is 2.10 bits per heavy atom. The molecular formula is C15H19IN2O3. The van der Waals surface area contributed by atoms with Crippen LogP contribution in [0.15, 0.2) is 24.3 Å². The zero-order chi connectivity index (χ0) is 15.2. The maximum Gasteiger partial charge on any atom is 0.258 e. The maximum atomic E-state index is 11.9. The van der Waals surface area contributed by atoms with Gasteiger partial charge in [0, 0.05) is 29.6 Å². The number of rotatable bonds is 4. The van der Waals surface area contributed by atoms with Gasteiger partial charge in [0.1, 0.15) is 5.75 Å². The van der Waals surface area contributed by atoms with Crippen LogP contribution in [0.1, 0.15) is 19.8 Å². The first-order chi connectivity index (χ1) is 10.0. The Balaban J connectivity index is 1.72. The zero-order valence-corrected chi connectivity index (χ0v) is 14.1. The summed E-state index contributed by atoms with van der Waals surface area (Å²) in [7, 11) is 0. The summed E-state index contributed by atoms with van der Waals surface area (Å²) in [6, 6.07) is 7.72. The molecule has 1 fully saturated rings. The first-order valence-electron chi connectivity index (χ1n) is 6.98. The van der Waals surface area contributed by atoms with E-state index < -0.39 is 0 Å².